The molecule has 0 heterocycles. The number of sulfonamides is 1. The first-order valence-electron chi connectivity index (χ1n) is 13.0. The highest BCUT2D eigenvalue weighted by Gasteiger charge is 2.30. The zero-order valence-electron chi connectivity index (χ0n) is 22.7. The topological polar surface area (TPSA) is 96.0 Å². The van der Waals surface area contributed by atoms with Gasteiger partial charge in [0, 0.05) is 33.0 Å². The Balaban J connectivity index is 1.84. The number of nitrogens with zero attached hydrogens (tertiary/aromatic N) is 2. The van der Waals surface area contributed by atoms with E-state index >= 15 is 0 Å². The molecule has 0 saturated carbocycles. The van der Waals surface area contributed by atoms with Gasteiger partial charge in [-0.05, 0) is 36.6 Å². The molecule has 2 amide bonds. The lowest BCUT2D eigenvalue weighted by molar-refractivity contribution is -0.141. The highest BCUT2D eigenvalue weighted by molar-refractivity contribution is 7.92. The second-order valence-electron chi connectivity index (χ2n) is 9.17. The van der Waals surface area contributed by atoms with Crippen LogP contribution in [0.2, 0.25) is 0 Å². The van der Waals surface area contributed by atoms with E-state index in [1.807, 2.05) is 67.6 Å². The lowest BCUT2D eigenvalue weighted by Gasteiger charge is -2.31. The van der Waals surface area contributed by atoms with Gasteiger partial charge in [0.05, 0.1) is 18.6 Å². The Hall–Kier alpha value is -3.85. The number of carbonyl (C=O) groups excluding carboxylic acids is 2. The minimum Gasteiger partial charge on any atom is -0.492 e. The first-order chi connectivity index (χ1) is 18.7. The van der Waals surface area contributed by atoms with Gasteiger partial charge in [-0.3, -0.25) is 13.9 Å². The first-order valence-corrected chi connectivity index (χ1v) is 14.9. The van der Waals surface area contributed by atoms with Gasteiger partial charge in [-0.2, -0.15) is 0 Å². The summed E-state index contributed by atoms with van der Waals surface area (Å²) in [5, 5.41) is 2.71. The molecule has 0 spiro atoms. The molecule has 3 rings (SSSR count). The predicted molar refractivity (Wildman–Crippen MR) is 154 cm³/mol. The summed E-state index contributed by atoms with van der Waals surface area (Å²) in [5.74, 6) is -0.0218. The molecule has 0 unspecified atom stereocenters. The molecule has 8 nitrogen and oxygen atoms in total. The molecule has 0 aliphatic carbocycles. The van der Waals surface area contributed by atoms with Crippen LogP contribution in [0.25, 0.3) is 0 Å². The van der Waals surface area contributed by atoms with Crippen molar-refractivity contribution in [1.82, 2.24) is 10.2 Å². The number of para-hydroxylation sites is 2. The van der Waals surface area contributed by atoms with Gasteiger partial charge < -0.3 is 15.0 Å². The van der Waals surface area contributed by atoms with Gasteiger partial charge in [0.2, 0.25) is 21.8 Å². The first kappa shape index (κ1) is 29.7. The second-order valence-corrected chi connectivity index (χ2v) is 11.1. The van der Waals surface area contributed by atoms with Gasteiger partial charge in [-0.25, -0.2) is 8.42 Å². The molecule has 208 valence electrons. The second kappa shape index (κ2) is 14.3. The number of benzene rings is 3. The third kappa shape index (κ3) is 8.58. The Morgan fingerprint density at radius 1 is 0.897 bits per heavy atom. The van der Waals surface area contributed by atoms with E-state index in [0.717, 1.165) is 17.4 Å². The van der Waals surface area contributed by atoms with Crippen LogP contribution in [0.5, 0.6) is 5.75 Å². The van der Waals surface area contributed by atoms with E-state index in [2.05, 4.69) is 5.32 Å². The molecule has 0 aliphatic rings. The van der Waals surface area contributed by atoms with E-state index in [-0.39, 0.29) is 37.7 Å². The van der Waals surface area contributed by atoms with E-state index < -0.39 is 16.1 Å². The molecule has 1 N–H and O–H groups in total. The quantitative estimate of drug-likeness (QED) is 0.327. The van der Waals surface area contributed by atoms with E-state index in [0.29, 0.717) is 24.5 Å². The fourth-order valence-electron chi connectivity index (χ4n) is 4.42. The molecule has 0 aromatic heterocycles. The number of amides is 2. The van der Waals surface area contributed by atoms with Crippen LogP contribution in [0, 0.1) is 0 Å². The van der Waals surface area contributed by atoms with Crippen molar-refractivity contribution in [3.63, 3.8) is 0 Å². The zero-order valence-corrected chi connectivity index (χ0v) is 23.6. The van der Waals surface area contributed by atoms with Gasteiger partial charge in [-0.1, -0.05) is 72.8 Å². The lowest BCUT2D eigenvalue weighted by Crippen LogP contribution is -2.49. The molecular weight excluding hydrogens is 514 g/mol. The Kier molecular flexibility index (Phi) is 10.9. The Bertz CT molecular complexity index is 1320. The maximum absolute atomic E-state index is 13.7. The van der Waals surface area contributed by atoms with Crippen LogP contribution in [0.3, 0.4) is 0 Å². The van der Waals surface area contributed by atoms with Crippen LogP contribution in [-0.2, 0) is 32.6 Å². The van der Waals surface area contributed by atoms with Crippen LogP contribution < -0.4 is 14.4 Å². The van der Waals surface area contributed by atoms with Crippen LogP contribution in [0.1, 0.15) is 30.9 Å². The van der Waals surface area contributed by atoms with E-state index in [4.69, 9.17) is 4.74 Å². The molecule has 0 radical (unpaired) electrons. The molecule has 3 aromatic rings. The predicted octanol–water partition coefficient (Wildman–Crippen LogP) is 4.02. The highest BCUT2D eigenvalue weighted by atomic mass is 32.2. The number of nitrogens with one attached hydrogen (secondary N) is 1. The van der Waals surface area contributed by atoms with E-state index in [1.165, 1.54) is 4.31 Å². The third-order valence-electron chi connectivity index (χ3n) is 6.30. The summed E-state index contributed by atoms with van der Waals surface area (Å²) < 4.78 is 32.3. The minimum absolute atomic E-state index is 0.0674. The van der Waals surface area contributed by atoms with Crippen molar-refractivity contribution in [2.75, 3.05) is 30.8 Å². The molecule has 9 heteroatoms. The average molecular weight is 552 g/mol. The van der Waals surface area contributed by atoms with Crippen LogP contribution in [-0.4, -0.2) is 57.6 Å². The van der Waals surface area contributed by atoms with Gasteiger partial charge in [0.25, 0.3) is 0 Å². The maximum atomic E-state index is 13.7. The van der Waals surface area contributed by atoms with E-state index in [1.54, 1.807) is 36.2 Å². The summed E-state index contributed by atoms with van der Waals surface area (Å²) in [4.78, 5) is 28.3. The summed E-state index contributed by atoms with van der Waals surface area (Å²) in [6.45, 7) is 2.58. The molecule has 0 fully saturated rings. The summed E-state index contributed by atoms with van der Waals surface area (Å²) >= 11 is 0. The van der Waals surface area contributed by atoms with Crippen molar-refractivity contribution in [2.45, 2.75) is 38.8 Å². The van der Waals surface area contributed by atoms with Crippen molar-refractivity contribution in [2.24, 2.45) is 0 Å². The molecule has 3 aromatic carbocycles. The number of ether oxygens (including phenoxy) is 1. The van der Waals surface area contributed by atoms with E-state index in [9.17, 15) is 18.0 Å². The smallest absolute Gasteiger partial charge is 0.242 e. The van der Waals surface area contributed by atoms with Gasteiger partial charge >= 0.3 is 0 Å². The molecule has 39 heavy (non-hydrogen) atoms. The highest BCUT2D eigenvalue weighted by Crippen LogP contribution is 2.30. The Morgan fingerprint density at radius 3 is 2.08 bits per heavy atom. The number of hydrogen-bond acceptors (Lipinski definition) is 5. The summed E-state index contributed by atoms with van der Waals surface area (Å²) in [5.41, 5.74) is 2.27. The summed E-state index contributed by atoms with van der Waals surface area (Å²) in [6.07, 6.45) is 1.83. The standard InChI is InChI=1S/C30H37N3O5S/c1-4-38-28-19-12-11-18-26(28)33(39(3,36)37)21-13-20-29(34)32(23-25-16-9-6-10-17-25)27(30(35)31-2)22-24-14-7-5-8-15-24/h5-12,14-19,27H,4,13,20-23H2,1-3H3,(H,31,35)/t27-/m0/s1. The summed E-state index contributed by atoms with van der Waals surface area (Å²) in [7, 11) is -2.07. The number of likely N-dealkylation sites (N-methyl/N-ethyl adjacent to an activating group) is 1. The van der Waals surface area contributed by atoms with Gasteiger partial charge in [0.15, 0.2) is 0 Å². The molecule has 0 bridgehead atoms. The monoisotopic (exact) mass is 551 g/mol. The van der Waals surface area contributed by atoms with Crippen molar-refractivity contribution in [3.8, 4) is 5.75 Å². The number of hydrogen-bond donors (Lipinski definition) is 1. The molecular formula is C30H37N3O5S. The lowest BCUT2D eigenvalue weighted by atomic mass is 10.0. The average Bonchev–Trinajstić information content (AvgIpc) is 2.93. The Labute approximate surface area is 231 Å². The fraction of sp³-hybridized carbons (Fsp3) is 0.333. The van der Waals surface area contributed by atoms with Gasteiger partial charge in [0.1, 0.15) is 11.8 Å². The fourth-order valence-corrected chi connectivity index (χ4v) is 5.39. The molecule has 0 saturated heterocycles. The molecule has 0 aliphatic heterocycles. The van der Waals surface area contributed by atoms with Crippen LogP contribution in [0.15, 0.2) is 84.9 Å². The maximum Gasteiger partial charge on any atom is 0.242 e. The largest absolute Gasteiger partial charge is 0.492 e. The number of anilines is 1. The van der Waals surface area contributed by atoms with Crippen LogP contribution in [0.4, 0.5) is 5.69 Å². The summed E-state index contributed by atoms with van der Waals surface area (Å²) in [6, 6.07) is 25.3. The number of carbonyl (C=O) groups is 2. The third-order valence-corrected chi connectivity index (χ3v) is 7.48. The van der Waals surface area contributed by atoms with Crippen LogP contribution >= 0.6 is 0 Å². The molecule has 1 atom stereocenters. The SMILES string of the molecule is CCOc1ccccc1N(CCCC(=O)N(Cc1ccccc1)[C@@H](Cc1ccccc1)C(=O)NC)S(C)(=O)=O. The van der Waals surface area contributed by atoms with Crippen molar-refractivity contribution in [1.29, 1.82) is 0 Å². The van der Waals surface area contributed by atoms with Crippen molar-refractivity contribution >= 4 is 27.5 Å². The Morgan fingerprint density at radius 2 is 1.49 bits per heavy atom. The van der Waals surface area contributed by atoms with Gasteiger partial charge in [-0.15, -0.1) is 0 Å². The normalized spacial score (nSPS) is 11.9. The minimum atomic E-state index is -3.64. The van der Waals surface area contributed by atoms with Crippen molar-refractivity contribution in [3.05, 3.63) is 96.1 Å². The van der Waals surface area contributed by atoms with Crippen molar-refractivity contribution < 1.29 is 22.7 Å². The number of rotatable bonds is 14. The zero-order chi connectivity index (χ0) is 28.3.